The van der Waals surface area contributed by atoms with Crippen molar-refractivity contribution in [3.63, 3.8) is 0 Å². The molecule has 1 aliphatic carbocycles. The third-order valence-electron chi connectivity index (χ3n) is 5.90. The Kier molecular flexibility index (Phi) is 42.6. The van der Waals surface area contributed by atoms with Crippen molar-refractivity contribution >= 4 is 0 Å². The highest BCUT2D eigenvalue weighted by Gasteiger charge is 2.18. The molecule has 0 heterocycles. The summed E-state index contributed by atoms with van der Waals surface area (Å²) in [5.74, 6) is 0.742. The Morgan fingerprint density at radius 3 is 1.57 bits per heavy atom. The third-order valence-corrected chi connectivity index (χ3v) is 5.90. The molecule has 0 radical (unpaired) electrons. The standard InChI is InChI=1S/C15H27N.C12H22.C5H8.C3H8.2C2H6/c1-5-7-8-9-11-15(16)14(10-6-2)12-13(3)4;1-6-8-10(3)12(5)11(4)9-7-2;1-5(2)3-4-5;1-3-2;2*1-2/h6,10,12,15H,3,5,7-9,11,16H2,1-2,4H3;6,8,11H,7,9H2,1-5H3;3-4H,1-2H3;3H2,1-2H3;2*1-2H3/b10-6-,14-12+;8-6-,12-10+;;;;. The van der Waals surface area contributed by atoms with Gasteiger partial charge in [-0.15, -0.1) is 0 Å². The summed E-state index contributed by atoms with van der Waals surface area (Å²) in [6, 6.07) is 0.157. The van der Waals surface area contributed by atoms with Crippen LogP contribution in [0.15, 0.2) is 71.4 Å². The van der Waals surface area contributed by atoms with Crippen LogP contribution in [0.25, 0.3) is 0 Å². The van der Waals surface area contributed by atoms with Crippen molar-refractivity contribution < 1.29 is 0 Å². The van der Waals surface area contributed by atoms with Crippen LogP contribution in [0.4, 0.5) is 0 Å². The monoisotopic (exact) mass is 560 g/mol. The first kappa shape index (κ1) is 48.1. The summed E-state index contributed by atoms with van der Waals surface area (Å²) >= 11 is 0. The first-order valence-corrected chi connectivity index (χ1v) is 16.6. The maximum absolute atomic E-state index is 6.17. The van der Waals surface area contributed by atoms with Gasteiger partial charge in [0.15, 0.2) is 0 Å². The highest BCUT2D eigenvalue weighted by atomic mass is 14.6. The van der Waals surface area contributed by atoms with E-state index in [-0.39, 0.29) is 6.04 Å². The van der Waals surface area contributed by atoms with E-state index in [4.69, 9.17) is 5.73 Å². The molecule has 0 aromatic rings. The fourth-order valence-corrected chi connectivity index (χ4v) is 3.30. The van der Waals surface area contributed by atoms with Gasteiger partial charge in [0.25, 0.3) is 0 Å². The number of hydrogen-bond donors (Lipinski definition) is 1. The van der Waals surface area contributed by atoms with E-state index in [1.165, 1.54) is 61.7 Å². The average Bonchev–Trinajstić information content (AvgIpc) is 3.63. The Morgan fingerprint density at radius 1 is 0.800 bits per heavy atom. The number of unbranched alkanes of at least 4 members (excludes halogenated alkanes) is 3. The largest absolute Gasteiger partial charge is 0.324 e. The molecule has 0 aliphatic heterocycles. The zero-order valence-electron chi connectivity index (χ0n) is 30.6. The van der Waals surface area contributed by atoms with E-state index in [9.17, 15) is 0 Å². The Bertz CT molecular complexity index is 674. The van der Waals surface area contributed by atoms with Crippen LogP contribution in [0.3, 0.4) is 0 Å². The van der Waals surface area contributed by atoms with E-state index in [1.54, 1.807) is 0 Å². The summed E-state index contributed by atoms with van der Waals surface area (Å²) < 4.78 is 0. The minimum absolute atomic E-state index is 0.157. The molecule has 0 aromatic carbocycles. The van der Waals surface area contributed by atoms with E-state index >= 15 is 0 Å². The summed E-state index contributed by atoms with van der Waals surface area (Å²) in [6.07, 6.45) is 24.9. The van der Waals surface area contributed by atoms with Gasteiger partial charge in [-0.25, -0.2) is 0 Å². The Morgan fingerprint density at radius 2 is 1.25 bits per heavy atom. The van der Waals surface area contributed by atoms with E-state index in [0.717, 1.165) is 17.9 Å². The van der Waals surface area contributed by atoms with Crippen molar-refractivity contribution in [3.8, 4) is 0 Å². The van der Waals surface area contributed by atoms with Gasteiger partial charge in [-0.05, 0) is 59.0 Å². The maximum atomic E-state index is 6.17. The van der Waals surface area contributed by atoms with Crippen molar-refractivity contribution in [1.82, 2.24) is 0 Å². The van der Waals surface area contributed by atoms with Gasteiger partial charge in [0.05, 0.1) is 0 Å². The molecule has 0 saturated carbocycles. The maximum Gasteiger partial charge on any atom is 0.0294 e. The van der Waals surface area contributed by atoms with E-state index in [0.29, 0.717) is 5.41 Å². The van der Waals surface area contributed by atoms with Crippen LogP contribution >= 0.6 is 0 Å². The van der Waals surface area contributed by atoms with Gasteiger partial charge in [0.2, 0.25) is 0 Å². The molecule has 1 nitrogen and oxygen atoms in total. The van der Waals surface area contributed by atoms with Gasteiger partial charge in [-0.2, -0.15) is 0 Å². The number of nitrogens with two attached hydrogens (primary N) is 1. The minimum Gasteiger partial charge on any atom is -0.324 e. The fourth-order valence-electron chi connectivity index (χ4n) is 3.30. The van der Waals surface area contributed by atoms with Crippen LogP contribution in [0.2, 0.25) is 0 Å². The van der Waals surface area contributed by atoms with Gasteiger partial charge < -0.3 is 5.73 Å². The van der Waals surface area contributed by atoms with E-state index in [2.05, 4.69) is 112 Å². The van der Waals surface area contributed by atoms with Gasteiger partial charge in [0.1, 0.15) is 0 Å². The Labute approximate surface area is 256 Å². The van der Waals surface area contributed by atoms with Crippen LogP contribution in [0.1, 0.15) is 162 Å². The fraction of sp³-hybridized carbons (Fsp3) is 0.692. The van der Waals surface area contributed by atoms with Gasteiger partial charge >= 0.3 is 0 Å². The lowest BCUT2D eigenvalue weighted by atomic mass is 9.94. The Hall–Kier alpha value is -1.60. The number of allylic oxidation sites excluding steroid dienone is 9. The summed E-state index contributed by atoms with van der Waals surface area (Å²) in [5.41, 5.74) is 11.9. The smallest absolute Gasteiger partial charge is 0.0294 e. The molecule has 2 N–H and O–H groups in total. The van der Waals surface area contributed by atoms with E-state index < -0.39 is 0 Å². The highest BCUT2D eigenvalue weighted by molar-refractivity contribution is 5.31. The van der Waals surface area contributed by atoms with Crippen LogP contribution < -0.4 is 5.73 Å². The van der Waals surface area contributed by atoms with E-state index in [1.807, 2.05) is 47.6 Å². The quantitative estimate of drug-likeness (QED) is 0.144. The average molecular weight is 560 g/mol. The lowest BCUT2D eigenvalue weighted by Crippen LogP contribution is -2.21. The molecule has 238 valence electrons. The molecule has 40 heavy (non-hydrogen) atoms. The minimum atomic E-state index is 0.157. The van der Waals surface area contributed by atoms with Gasteiger partial charge in [-0.3, -0.25) is 0 Å². The SMILES string of the molecule is C/C=C\C(C)=C(/C)C(C)CCC.C=C(C)/C=C(\C=C/C)C(N)CCCCCC.CC.CC.CC1(C)C=C1.CCC. The van der Waals surface area contributed by atoms with Crippen molar-refractivity contribution in [2.24, 2.45) is 17.1 Å². The van der Waals surface area contributed by atoms with Gasteiger partial charge in [0, 0.05) is 11.5 Å². The molecule has 0 aromatic heterocycles. The molecule has 1 aliphatic rings. The zero-order chi connectivity index (χ0) is 32.6. The molecule has 1 rings (SSSR count). The van der Waals surface area contributed by atoms with Crippen molar-refractivity contribution in [1.29, 1.82) is 0 Å². The predicted molar refractivity (Wildman–Crippen MR) is 193 cm³/mol. The molecular formula is C39H77N. The highest BCUT2D eigenvalue weighted by Crippen LogP contribution is 2.31. The Balaban J connectivity index is -0.000000148. The molecule has 1 heteroatoms. The molecular weight excluding hydrogens is 482 g/mol. The van der Waals surface area contributed by atoms with Crippen molar-refractivity contribution in [2.75, 3.05) is 0 Å². The second kappa shape index (κ2) is 35.4. The normalized spacial score (nSPS) is 14.8. The topological polar surface area (TPSA) is 26.0 Å². The predicted octanol–water partition coefficient (Wildman–Crippen LogP) is 13.7. The lowest BCUT2D eigenvalue weighted by Gasteiger charge is -2.13. The second-order valence-corrected chi connectivity index (χ2v) is 10.9. The number of hydrogen-bond acceptors (Lipinski definition) is 1. The van der Waals surface area contributed by atoms with Crippen molar-refractivity contribution in [3.05, 3.63) is 71.4 Å². The molecule has 0 fully saturated rings. The zero-order valence-corrected chi connectivity index (χ0v) is 30.6. The summed E-state index contributed by atoms with van der Waals surface area (Å²) in [6.45, 7) is 37.9. The second-order valence-electron chi connectivity index (χ2n) is 10.9. The molecule has 0 spiro atoms. The van der Waals surface area contributed by atoms with Crippen LogP contribution in [-0.2, 0) is 0 Å². The van der Waals surface area contributed by atoms with Crippen LogP contribution in [-0.4, -0.2) is 6.04 Å². The lowest BCUT2D eigenvalue weighted by molar-refractivity contribution is 0.591. The molecule has 2 unspecified atom stereocenters. The third kappa shape index (κ3) is 38.5. The molecule has 0 amide bonds. The first-order chi connectivity index (χ1) is 18.9. The summed E-state index contributed by atoms with van der Waals surface area (Å²) in [4.78, 5) is 0. The summed E-state index contributed by atoms with van der Waals surface area (Å²) in [7, 11) is 0. The van der Waals surface area contributed by atoms with Crippen LogP contribution in [0.5, 0.6) is 0 Å². The molecule has 0 bridgehead atoms. The molecule has 0 saturated heterocycles. The van der Waals surface area contributed by atoms with Crippen molar-refractivity contribution in [2.45, 2.75) is 168 Å². The van der Waals surface area contributed by atoms with Crippen LogP contribution in [0, 0.1) is 11.3 Å². The first-order valence-electron chi connectivity index (χ1n) is 16.6. The summed E-state index contributed by atoms with van der Waals surface area (Å²) in [5, 5.41) is 0. The molecule has 2 atom stereocenters. The van der Waals surface area contributed by atoms with Gasteiger partial charge in [-0.1, -0.05) is 181 Å². The number of rotatable bonds is 12.